The first-order valence-corrected chi connectivity index (χ1v) is 10.8. The molecule has 0 unspecified atom stereocenters. The molecule has 0 bridgehead atoms. The molecule has 33 heavy (non-hydrogen) atoms. The maximum Gasteiger partial charge on any atom is 0.255 e. The van der Waals surface area contributed by atoms with E-state index in [0.717, 1.165) is 4.90 Å². The largest absolute Gasteiger partial charge is 0.381 e. The minimum atomic E-state index is -2.13. The number of rotatable bonds is 6. The number of anilines is 1. The Bertz CT molecular complexity index is 1450. The fourth-order valence-corrected chi connectivity index (χ4v) is 4.06. The number of ether oxygens (including phenoxy) is 1. The van der Waals surface area contributed by atoms with Gasteiger partial charge in [0, 0.05) is 56.0 Å². The van der Waals surface area contributed by atoms with Crippen LogP contribution in [0.5, 0.6) is 0 Å². The fourth-order valence-electron chi connectivity index (χ4n) is 4.06. The Labute approximate surface area is 204 Å². The van der Waals surface area contributed by atoms with Gasteiger partial charge < -0.3 is 15.0 Å². The van der Waals surface area contributed by atoms with E-state index < -0.39 is 41.9 Å². The van der Waals surface area contributed by atoms with Crippen LogP contribution in [-0.2, 0) is 34.0 Å². The van der Waals surface area contributed by atoms with Crippen LogP contribution in [0.15, 0.2) is 42.3 Å². The van der Waals surface area contributed by atoms with Crippen LogP contribution in [0.25, 0.3) is 0 Å². The summed E-state index contributed by atoms with van der Waals surface area (Å²) in [6.45, 7) is 1.86. The van der Waals surface area contributed by atoms with Gasteiger partial charge in [0.1, 0.15) is 6.02 Å². The fraction of sp³-hybridized carbons (Fsp3) is 0.400. The molecule has 2 aromatic carbocycles. The molecule has 0 radical (unpaired) electrons. The lowest BCUT2D eigenvalue weighted by Gasteiger charge is -2.29. The third-order valence-electron chi connectivity index (χ3n) is 5.84. The van der Waals surface area contributed by atoms with Crippen molar-refractivity contribution in [3.05, 3.63) is 64.6 Å². The average molecular weight is 457 g/mol. The quantitative estimate of drug-likeness (QED) is 0.645. The molecule has 3 aliphatic heterocycles. The van der Waals surface area contributed by atoms with Crippen molar-refractivity contribution in [3.63, 3.8) is 0 Å². The second-order valence-electron chi connectivity index (χ2n) is 8.02. The van der Waals surface area contributed by atoms with Gasteiger partial charge in [0.15, 0.2) is 0 Å². The average Bonchev–Trinajstić information content (AvgIpc) is 3.30. The number of benzene rings is 2. The van der Waals surface area contributed by atoms with E-state index in [4.69, 9.17) is 15.7 Å². The summed E-state index contributed by atoms with van der Waals surface area (Å²) in [7, 11) is 0. The summed E-state index contributed by atoms with van der Waals surface area (Å²) < 4.78 is 73.2. The monoisotopic (exact) mass is 456 g/mol. The van der Waals surface area contributed by atoms with Gasteiger partial charge in [0.05, 0.1) is 24.2 Å². The summed E-state index contributed by atoms with van der Waals surface area (Å²) in [5.74, 6) is -2.39. The van der Waals surface area contributed by atoms with Gasteiger partial charge in [-0.1, -0.05) is 30.2 Å². The molecule has 2 saturated heterocycles. The first kappa shape index (κ1) is 14.1. The summed E-state index contributed by atoms with van der Waals surface area (Å²) in [5, 5.41) is 4.95. The minimum absolute atomic E-state index is 0.0173. The normalized spacial score (nSPS) is 26.8. The summed E-state index contributed by atoms with van der Waals surface area (Å²) in [6, 6.07) is -4.56. The zero-order valence-electron chi connectivity index (χ0n) is 25.9. The number of morpholine rings is 1. The first-order valence-electron chi connectivity index (χ1n) is 14.8. The van der Waals surface area contributed by atoms with Crippen molar-refractivity contribution in [2.45, 2.75) is 38.5 Å². The first-order chi connectivity index (χ1) is 19.4. The highest BCUT2D eigenvalue weighted by atomic mass is 16.5. The lowest BCUT2D eigenvalue weighted by molar-refractivity contribution is -0.136. The van der Waals surface area contributed by atoms with Gasteiger partial charge in [-0.05, 0) is 29.6 Å². The lowest BCUT2D eigenvalue weighted by Crippen LogP contribution is -2.52. The maximum absolute atomic E-state index is 13.4. The van der Waals surface area contributed by atoms with Crippen molar-refractivity contribution in [1.29, 1.82) is 0 Å². The van der Waals surface area contributed by atoms with Gasteiger partial charge in [-0.3, -0.25) is 24.6 Å². The Morgan fingerprint density at radius 2 is 1.85 bits per heavy atom. The second-order valence-corrected chi connectivity index (χ2v) is 8.02. The number of carbonyl (C=O) groups excluding carboxylic acids is 3. The van der Waals surface area contributed by atoms with Gasteiger partial charge in [-0.15, -0.1) is 0 Å². The van der Waals surface area contributed by atoms with E-state index >= 15 is 0 Å². The van der Waals surface area contributed by atoms with E-state index in [1.54, 1.807) is 0 Å². The number of carbonyl (C=O) groups is 3. The Balaban J connectivity index is 1.47. The van der Waals surface area contributed by atoms with Crippen molar-refractivity contribution in [3.8, 4) is 0 Å². The summed E-state index contributed by atoms with van der Waals surface area (Å²) in [5.41, 5.74) is 0.0957. The highest BCUT2D eigenvalue weighted by Gasteiger charge is 2.39. The number of nitrogens with one attached hydrogen (secondary N) is 2. The zero-order chi connectivity index (χ0) is 29.8. The van der Waals surface area contributed by atoms with Crippen LogP contribution in [0.3, 0.4) is 0 Å². The van der Waals surface area contributed by atoms with Crippen LogP contribution in [0.1, 0.15) is 50.9 Å². The van der Waals surface area contributed by atoms with Crippen molar-refractivity contribution >= 4 is 23.4 Å². The minimum Gasteiger partial charge on any atom is -0.381 e. The maximum atomic E-state index is 13.4. The third kappa shape index (κ3) is 4.62. The Hall–Kier alpha value is -3.23. The van der Waals surface area contributed by atoms with Gasteiger partial charge in [0.25, 0.3) is 5.91 Å². The van der Waals surface area contributed by atoms with Crippen LogP contribution >= 0.6 is 0 Å². The van der Waals surface area contributed by atoms with E-state index in [1.165, 1.54) is 0 Å². The second kappa shape index (κ2) is 9.33. The van der Waals surface area contributed by atoms with Crippen molar-refractivity contribution in [2.75, 3.05) is 31.6 Å². The van der Waals surface area contributed by atoms with Gasteiger partial charge in [0.2, 0.25) is 11.8 Å². The SMILES string of the molecule is [2H]c1c([2H])c(NCc2c([2H])c([2H])c(CN3CCOCC3)c([2H])c2[2H])c2c(c1[2H])C(=O)N([C@@]1([2H])CCC(=O)NC1=O)C2. The highest BCUT2D eigenvalue weighted by Crippen LogP contribution is 2.32. The predicted molar refractivity (Wildman–Crippen MR) is 122 cm³/mol. The molecule has 3 aliphatic rings. The summed E-state index contributed by atoms with van der Waals surface area (Å²) >= 11 is 0. The van der Waals surface area contributed by atoms with Crippen LogP contribution in [0, 0.1) is 0 Å². The van der Waals surface area contributed by atoms with Crippen LogP contribution in [-0.4, -0.2) is 59.8 Å². The Morgan fingerprint density at radius 1 is 1.09 bits per heavy atom. The van der Waals surface area contributed by atoms with Crippen molar-refractivity contribution < 1.29 is 30.1 Å². The number of fused-ring (bicyclic) bond motifs is 1. The molecule has 8 heteroatoms. The summed E-state index contributed by atoms with van der Waals surface area (Å²) in [6.07, 6.45) is -0.415. The van der Waals surface area contributed by atoms with Crippen LogP contribution in [0.2, 0.25) is 0 Å². The molecule has 2 aromatic rings. The van der Waals surface area contributed by atoms with Gasteiger partial charge in [-0.25, -0.2) is 0 Å². The van der Waals surface area contributed by atoms with Crippen LogP contribution < -0.4 is 10.6 Å². The van der Waals surface area contributed by atoms with Gasteiger partial charge >= 0.3 is 0 Å². The number of nitrogens with zero attached hydrogens (tertiary/aromatic N) is 2. The molecule has 2 N–H and O–H groups in total. The van der Waals surface area contributed by atoms with Crippen molar-refractivity contribution in [1.82, 2.24) is 15.1 Å². The van der Waals surface area contributed by atoms with E-state index in [2.05, 4.69) is 10.6 Å². The molecule has 3 amide bonds. The molecule has 1 atom stereocenters. The molecule has 2 fully saturated rings. The zero-order valence-corrected chi connectivity index (χ0v) is 17.9. The van der Waals surface area contributed by atoms with E-state index in [1.807, 2.05) is 4.90 Å². The summed E-state index contributed by atoms with van der Waals surface area (Å²) in [4.78, 5) is 40.5. The molecular formula is C25H28N4O4. The molecule has 5 rings (SSSR count). The molecule has 0 saturated carbocycles. The Kier molecular flexibility index (Phi) is 3.99. The number of hydrogen-bond donors (Lipinski definition) is 2. The number of amides is 3. The van der Waals surface area contributed by atoms with E-state index in [0.29, 0.717) is 26.3 Å². The molecule has 8 nitrogen and oxygen atoms in total. The lowest BCUT2D eigenvalue weighted by atomic mass is 10.0. The standard InChI is InChI=1S/C25H28N4O4/c30-23-9-8-22(24(31)27-23)29-16-20-19(25(29)32)2-1-3-21(20)26-14-17-4-6-18(7-5-17)15-28-10-12-33-13-11-28/h1-7,22,26H,8-16H2,(H,27,30,31)/t22-/m0/s1/i1D,2D,3D,4D,5D,6D,7D,22D. The van der Waals surface area contributed by atoms with E-state index in [-0.39, 0.29) is 84.6 Å². The third-order valence-corrected chi connectivity index (χ3v) is 5.84. The smallest absolute Gasteiger partial charge is 0.255 e. The number of piperidine rings is 1. The molecule has 0 aliphatic carbocycles. The highest BCUT2D eigenvalue weighted by molar-refractivity contribution is 6.06. The van der Waals surface area contributed by atoms with E-state index in [9.17, 15) is 14.4 Å². The van der Waals surface area contributed by atoms with Gasteiger partial charge in [-0.2, -0.15) is 0 Å². The molecule has 0 aromatic heterocycles. The number of imide groups is 1. The Morgan fingerprint density at radius 3 is 2.61 bits per heavy atom. The number of hydrogen-bond acceptors (Lipinski definition) is 6. The topological polar surface area (TPSA) is 91.0 Å². The van der Waals surface area contributed by atoms with Crippen molar-refractivity contribution in [2.24, 2.45) is 0 Å². The predicted octanol–water partition coefficient (Wildman–Crippen LogP) is 1.89. The van der Waals surface area contributed by atoms with Crippen LogP contribution in [0.4, 0.5) is 5.69 Å². The molecule has 3 heterocycles. The molecular weight excluding hydrogens is 420 g/mol. The molecule has 172 valence electrons. The molecule has 0 spiro atoms.